The van der Waals surface area contributed by atoms with Gasteiger partial charge in [0.1, 0.15) is 0 Å². The predicted molar refractivity (Wildman–Crippen MR) is 47.5 cm³/mol. The van der Waals surface area contributed by atoms with Crippen molar-refractivity contribution in [3.63, 3.8) is 0 Å². The molecule has 0 heterocycles. The molecule has 0 saturated heterocycles. The first-order valence-corrected chi connectivity index (χ1v) is 4.66. The number of rotatable bonds is 1. The third kappa shape index (κ3) is 3.57. The molecule has 0 aromatic carbocycles. The highest BCUT2D eigenvalue weighted by Gasteiger charge is 2.04. The molecule has 1 heteroatoms. The first-order chi connectivity index (χ1) is 5.29. The minimum atomic E-state index is -0.247. The summed E-state index contributed by atoms with van der Waals surface area (Å²) in [5, 5.41) is 9.12. The van der Waals surface area contributed by atoms with Crippen molar-refractivity contribution in [2.24, 2.45) is 0 Å². The molecule has 1 nitrogen and oxygen atoms in total. The van der Waals surface area contributed by atoms with Crippen molar-refractivity contribution in [2.45, 2.75) is 51.6 Å². The summed E-state index contributed by atoms with van der Waals surface area (Å²) in [4.78, 5) is 0. The van der Waals surface area contributed by atoms with Crippen LogP contribution in [0.15, 0.2) is 11.6 Å². The van der Waals surface area contributed by atoms with Gasteiger partial charge in [0, 0.05) is 0 Å². The van der Waals surface area contributed by atoms with Crippen LogP contribution >= 0.6 is 0 Å². The van der Waals surface area contributed by atoms with Crippen molar-refractivity contribution >= 4 is 0 Å². The van der Waals surface area contributed by atoms with E-state index in [0.29, 0.717) is 0 Å². The maximum atomic E-state index is 9.12. The molecule has 1 N–H and O–H groups in total. The van der Waals surface area contributed by atoms with Gasteiger partial charge < -0.3 is 5.11 Å². The Balaban J connectivity index is 2.42. The van der Waals surface area contributed by atoms with E-state index in [4.69, 9.17) is 5.11 Å². The smallest absolute Gasteiger partial charge is 0.0695 e. The summed E-state index contributed by atoms with van der Waals surface area (Å²) in [6, 6.07) is 0. The summed E-state index contributed by atoms with van der Waals surface area (Å²) in [6.07, 6.45) is 9.58. The molecule has 0 aliphatic heterocycles. The summed E-state index contributed by atoms with van der Waals surface area (Å²) < 4.78 is 0. The highest BCUT2D eigenvalue weighted by molar-refractivity contribution is 5.05. The lowest BCUT2D eigenvalue weighted by atomic mass is 10.1. The van der Waals surface area contributed by atoms with E-state index < -0.39 is 0 Å². The Morgan fingerprint density at radius 2 is 1.73 bits per heavy atom. The molecule has 1 aliphatic rings. The molecule has 0 aromatic rings. The predicted octanol–water partition coefficient (Wildman–Crippen LogP) is 2.65. The minimum Gasteiger partial charge on any atom is -0.389 e. The van der Waals surface area contributed by atoms with Gasteiger partial charge in [-0.1, -0.05) is 24.5 Å². The molecule has 0 aromatic heterocycles. The monoisotopic (exact) mass is 154 g/mol. The molecule has 0 bridgehead atoms. The molecule has 1 atom stereocenters. The quantitative estimate of drug-likeness (QED) is 0.454. The van der Waals surface area contributed by atoms with Crippen LogP contribution in [0.4, 0.5) is 0 Å². The topological polar surface area (TPSA) is 20.2 Å². The molecule has 64 valence electrons. The average molecular weight is 154 g/mol. The van der Waals surface area contributed by atoms with Gasteiger partial charge in [0.2, 0.25) is 0 Å². The minimum absolute atomic E-state index is 0.247. The van der Waals surface area contributed by atoms with Crippen molar-refractivity contribution in [2.75, 3.05) is 0 Å². The van der Waals surface area contributed by atoms with Gasteiger partial charge in [-0.3, -0.25) is 0 Å². The van der Waals surface area contributed by atoms with E-state index in [1.54, 1.807) is 0 Å². The first-order valence-electron chi connectivity index (χ1n) is 4.66. The van der Waals surface area contributed by atoms with E-state index in [-0.39, 0.29) is 6.10 Å². The van der Waals surface area contributed by atoms with Gasteiger partial charge in [0.25, 0.3) is 0 Å². The molecular weight excluding hydrogens is 136 g/mol. The second-order valence-corrected chi connectivity index (χ2v) is 3.48. The van der Waals surface area contributed by atoms with E-state index in [2.05, 4.69) is 0 Å². The Morgan fingerprint density at radius 1 is 1.18 bits per heavy atom. The molecule has 1 rings (SSSR count). The summed E-state index contributed by atoms with van der Waals surface area (Å²) in [6.45, 7) is 1.83. The van der Waals surface area contributed by atoms with Crippen molar-refractivity contribution < 1.29 is 5.11 Å². The molecule has 0 spiro atoms. The van der Waals surface area contributed by atoms with Crippen LogP contribution in [0.3, 0.4) is 0 Å². The number of hydrogen-bond acceptors (Lipinski definition) is 1. The third-order valence-electron chi connectivity index (χ3n) is 2.22. The van der Waals surface area contributed by atoms with E-state index in [1.165, 1.54) is 44.1 Å². The fourth-order valence-corrected chi connectivity index (χ4v) is 1.69. The van der Waals surface area contributed by atoms with Crippen molar-refractivity contribution in [3.8, 4) is 0 Å². The van der Waals surface area contributed by atoms with Crippen LogP contribution < -0.4 is 0 Å². The highest BCUT2D eigenvalue weighted by Crippen LogP contribution is 2.22. The van der Waals surface area contributed by atoms with Crippen LogP contribution in [-0.2, 0) is 0 Å². The average Bonchev–Trinajstić information content (AvgIpc) is 2.14. The Bertz CT molecular complexity index is 126. The van der Waals surface area contributed by atoms with Crippen molar-refractivity contribution in [3.05, 3.63) is 11.6 Å². The van der Waals surface area contributed by atoms with Crippen molar-refractivity contribution in [1.82, 2.24) is 0 Å². The van der Waals surface area contributed by atoms with Gasteiger partial charge in [-0.2, -0.15) is 0 Å². The zero-order valence-corrected chi connectivity index (χ0v) is 7.34. The SMILES string of the molecule is C[C@@H](O)C=C1CCCCCC1. The van der Waals surface area contributed by atoms with E-state index in [0.717, 1.165) is 0 Å². The summed E-state index contributed by atoms with van der Waals surface area (Å²) in [5.74, 6) is 0. The zero-order chi connectivity index (χ0) is 8.10. The normalized spacial score (nSPS) is 22.5. The van der Waals surface area contributed by atoms with E-state index in [9.17, 15) is 0 Å². The van der Waals surface area contributed by atoms with Crippen LogP contribution in [0.25, 0.3) is 0 Å². The molecule has 0 radical (unpaired) electrons. The fourth-order valence-electron chi connectivity index (χ4n) is 1.69. The van der Waals surface area contributed by atoms with Crippen LogP contribution in [0, 0.1) is 0 Å². The third-order valence-corrected chi connectivity index (χ3v) is 2.22. The Kier molecular flexibility index (Phi) is 3.64. The molecule has 1 aliphatic carbocycles. The number of hydrogen-bond donors (Lipinski definition) is 1. The molecule has 1 saturated carbocycles. The Labute approximate surface area is 69.1 Å². The van der Waals surface area contributed by atoms with Gasteiger partial charge in [-0.15, -0.1) is 0 Å². The molecule has 0 amide bonds. The zero-order valence-electron chi connectivity index (χ0n) is 7.34. The Morgan fingerprint density at radius 3 is 2.18 bits per heavy atom. The van der Waals surface area contributed by atoms with E-state index >= 15 is 0 Å². The highest BCUT2D eigenvalue weighted by atomic mass is 16.3. The summed E-state index contributed by atoms with van der Waals surface area (Å²) in [7, 11) is 0. The molecular formula is C10H18O. The lowest BCUT2D eigenvalue weighted by molar-refractivity contribution is 0.242. The summed E-state index contributed by atoms with van der Waals surface area (Å²) in [5.41, 5.74) is 1.47. The molecule has 1 fully saturated rings. The van der Waals surface area contributed by atoms with Gasteiger partial charge in [0.15, 0.2) is 0 Å². The standard InChI is InChI=1S/C10H18O/c1-9(11)8-10-6-4-2-3-5-7-10/h8-9,11H,2-7H2,1H3/t9-/m1/s1. The van der Waals surface area contributed by atoms with Crippen LogP contribution in [0.5, 0.6) is 0 Å². The van der Waals surface area contributed by atoms with E-state index in [1.807, 2.05) is 13.0 Å². The number of aliphatic hydroxyl groups is 1. The largest absolute Gasteiger partial charge is 0.389 e. The second-order valence-electron chi connectivity index (χ2n) is 3.48. The van der Waals surface area contributed by atoms with Gasteiger partial charge >= 0.3 is 0 Å². The van der Waals surface area contributed by atoms with Gasteiger partial charge in [-0.25, -0.2) is 0 Å². The lowest BCUT2D eigenvalue weighted by Crippen LogP contribution is -1.95. The first kappa shape index (κ1) is 8.79. The molecule has 11 heavy (non-hydrogen) atoms. The fraction of sp³-hybridized carbons (Fsp3) is 0.800. The lowest BCUT2D eigenvalue weighted by Gasteiger charge is -2.03. The number of allylic oxidation sites excluding steroid dienone is 1. The van der Waals surface area contributed by atoms with Crippen LogP contribution in [0.2, 0.25) is 0 Å². The second kappa shape index (κ2) is 4.55. The van der Waals surface area contributed by atoms with Crippen LogP contribution in [-0.4, -0.2) is 11.2 Å². The van der Waals surface area contributed by atoms with Crippen LogP contribution in [0.1, 0.15) is 45.4 Å². The van der Waals surface area contributed by atoms with Gasteiger partial charge in [0.05, 0.1) is 6.10 Å². The molecule has 0 unspecified atom stereocenters. The maximum absolute atomic E-state index is 9.12. The van der Waals surface area contributed by atoms with Gasteiger partial charge in [-0.05, 0) is 32.6 Å². The maximum Gasteiger partial charge on any atom is 0.0695 e. The van der Waals surface area contributed by atoms with Crippen molar-refractivity contribution in [1.29, 1.82) is 0 Å². The number of aliphatic hydroxyl groups excluding tert-OH is 1. The summed E-state index contributed by atoms with van der Waals surface area (Å²) >= 11 is 0. The Hall–Kier alpha value is -0.300.